The number of para-hydroxylation sites is 2. The van der Waals surface area contributed by atoms with Gasteiger partial charge in [0.25, 0.3) is 0 Å². The average molecular weight is 417 g/mol. The van der Waals surface area contributed by atoms with E-state index in [-0.39, 0.29) is 12.3 Å². The lowest BCUT2D eigenvalue weighted by molar-refractivity contribution is -0.115. The van der Waals surface area contributed by atoms with Crippen molar-refractivity contribution in [2.24, 2.45) is 0 Å². The Kier molecular flexibility index (Phi) is 5.83. The molecule has 0 fully saturated rings. The first kappa shape index (κ1) is 17.6. The van der Waals surface area contributed by atoms with Crippen LogP contribution in [-0.4, -0.2) is 17.5 Å². The van der Waals surface area contributed by atoms with E-state index < -0.39 is 0 Å². The van der Waals surface area contributed by atoms with Crippen molar-refractivity contribution >= 4 is 38.9 Å². The van der Waals surface area contributed by atoms with E-state index >= 15 is 0 Å². The van der Waals surface area contributed by atoms with Crippen LogP contribution in [0.25, 0.3) is 10.6 Å². The highest BCUT2D eigenvalue weighted by Crippen LogP contribution is 2.27. The number of hydrogen-bond acceptors (Lipinski definition) is 4. The molecule has 128 valence electrons. The van der Waals surface area contributed by atoms with Crippen molar-refractivity contribution in [3.8, 4) is 16.3 Å². The normalized spacial score (nSPS) is 10.5. The molecule has 0 spiro atoms. The van der Waals surface area contributed by atoms with E-state index in [1.54, 1.807) is 0 Å². The van der Waals surface area contributed by atoms with Crippen LogP contribution in [0.2, 0.25) is 0 Å². The van der Waals surface area contributed by atoms with E-state index in [0.29, 0.717) is 18.0 Å². The highest BCUT2D eigenvalue weighted by atomic mass is 79.9. The number of rotatable bonds is 6. The number of thiazole rings is 1. The minimum atomic E-state index is -0.113. The molecule has 1 aromatic heterocycles. The van der Waals surface area contributed by atoms with Crippen molar-refractivity contribution in [2.75, 3.05) is 11.9 Å². The van der Waals surface area contributed by atoms with Crippen LogP contribution in [0.3, 0.4) is 0 Å². The molecule has 0 aliphatic rings. The summed E-state index contributed by atoms with van der Waals surface area (Å²) in [5.41, 5.74) is 2.47. The Morgan fingerprint density at radius 1 is 1.24 bits per heavy atom. The number of amides is 1. The Hall–Kier alpha value is -2.18. The van der Waals surface area contributed by atoms with Crippen molar-refractivity contribution in [2.45, 2.75) is 13.3 Å². The summed E-state index contributed by atoms with van der Waals surface area (Å²) in [4.78, 5) is 16.9. The number of benzene rings is 2. The zero-order valence-electron chi connectivity index (χ0n) is 13.7. The molecule has 1 amide bonds. The summed E-state index contributed by atoms with van der Waals surface area (Å²) in [6.07, 6.45) is 0.227. The van der Waals surface area contributed by atoms with Gasteiger partial charge in [-0.2, -0.15) is 0 Å². The van der Waals surface area contributed by atoms with Gasteiger partial charge in [-0.3, -0.25) is 4.79 Å². The molecule has 0 saturated carbocycles. The largest absolute Gasteiger partial charge is 0.492 e. The molecular formula is C19H17BrN2O2S. The number of anilines is 1. The number of carbonyl (C=O) groups is 1. The molecule has 3 rings (SSSR count). The van der Waals surface area contributed by atoms with Crippen LogP contribution in [0, 0.1) is 0 Å². The summed E-state index contributed by atoms with van der Waals surface area (Å²) >= 11 is 5.00. The fourth-order valence-corrected chi connectivity index (χ4v) is 3.57. The molecule has 4 nitrogen and oxygen atoms in total. The monoisotopic (exact) mass is 416 g/mol. The molecule has 0 aliphatic heterocycles. The highest BCUT2D eigenvalue weighted by molar-refractivity contribution is 9.10. The van der Waals surface area contributed by atoms with Gasteiger partial charge in [0.15, 0.2) is 0 Å². The molecule has 0 atom stereocenters. The van der Waals surface area contributed by atoms with Crippen LogP contribution in [0.5, 0.6) is 5.75 Å². The van der Waals surface area contributed by atoms with E-state index in [0.717, 1.165) is 20.7 Å². The molecule has 3 aromatic rings. The minimum Gasteiger partial charge on any atom is -0.492 e. The van der Waals surface area contributed by atoms with Gasteiger partial charge in [-0.25, -0.2) is 4.98 Å². The molecule has 2 aromatic carbocycles. The van der Waals surface area contributed by atoms with Crippen LogP contribution in [0.15, 0.2) is 58.4 Å². The first-order chi connectivity index (χ1) is 12.2. The molecule has 0 bridgehead atoms. The molecule has 0 aliphatic carbocycles. The third-order valence-corrected chi connectivity index (χ3v) is 4.86. The summed E-state index contributed by atoms with van der Waals surface area (Å²) in [5.74, 6) is 0.560. The second kappa shape index (κ2) is 8.27. The Morgan fingerprint density at radius 2 is 2.08 bits per heavy atom. The van der Waals surface area contributed by atoms with Crippen molar-refractivity contribution in [3.05, 3.63) is 64.1 Å². The van der Waals surface area contributed by atoms with Crippen LogP contribution < -0.4 is 10.1 Å². The van der Waals surface area contributed by atoms with Gasteiger partial charge in [0.2, 0.25) is 5.91 Å². The maximum atomic E-state index is 12.3. The average Bonchev–Trinajstić information content (AvgIpc) is 3.05. The van der Waals surface area contributed by atoms with Crippen LogP contribution in [0.4, 0.5) is 5.69 Å². The quantitative estimate of drug-likeness (QED) is 0.603. The Balaban J connectivity index is 1.68. The summed E-state index contributed by atoms with van der Waals surface area (Å²) in [6.45, 7) is 2.46. The topological polar surface area (TPSA) is 51.2 Å². The van der Waals surface area contributed by atoms with E-state index in [4.69, 9.17) is 4.74 Å². The van der Waals surface area contributed by atoms with Gasteiger partial charge in [0.05, 0.1) is 24.4 Å². The van der Waals surface area contributed by atoms with Gasteiger partial charge in [-0.15, -0.1) is 11.3 Å². The highest BCUT2D eigenvalue weighted by Gasteiger charge is 2.11. The predicted molar refractivity (Wildman–Crippen MR) is 105 cm³/mol. The van der Waals surface area contributed by atoms with Crippen molar-refractivity contribution in [3.63, 3.8) is 0 Å². The van der Waals surface area contributed by atoms with E-state index in [9.17, 15) is 4.79 Å². The Bertz CT molecular complexity index is 879. The van der Waals surface area contributed by atoms with E-state index in [1.165, 1.54) is 11.3 Å². The minimum absolute atomic E-state index is 0.113. The number of nitrogens with zero attached hydrogens (tertiary/aromatic N) is 1. The Morgan fingerprint density at radius 3 is 2.88 bits per heavy atom. The molecule has 6 heteroatoms. The molecule has 0 radical (unpaired) electrons. The fourth-order valence-electron chi connectivity index (χ4n) is 2.35. The first-order valence-corrected chi connectivity index (χ1v) is 9.55. The zero-order valence-corrected chi connectivity index (χ0v) is 16.1. The molecule has 25 heavy (non-hydrogen) atoms. The van der Waals surface area contributed by atoms with Crippen LogP contribution in [0.1, 0.15) is 12.6 Å². The number of hydrogen-bond donors (Lipinski definition) is 1. The number of nitrogens with one attached hydrogen (secondary N) is 1. The standard InChI is InChI=1S/C19H17BrN2O2S/c1-2-24-17-9-4-3-8-16(17)22-18(23)11-15-12-25-19(21-15)13-6-5-7-14(20)10-13/h3-10,12H,2,11H2,1H3,(H,22,23). The molecule has 1 heterocycles. The summed E-state index contributed by atoms with van der Waals surface area (Å²) in [6, 6.07) is 15.4. The summed E-state index contributed by atoms with van der Waals surface area (Å²) < 4.78 is 6.54. The van der Waals surface area contributed by atoms with Crippen molar-refractivity contribution in [1.82, 2.24) is 4.98 Å². The van der Waals surface area contributed by atoms with E-state index in [2.05, 4.69) is 26.2 Å². The SMILES string of the molecule is CCOc1ccccc1NC(=O)Cc1csc(-c2cccc(Br)c2)n1. The van der Waals surface area contributed by atoms with Crippen LogP contribution >= 0.6 is 27.3 Å². The van der Waals surface area contributed by atoms with Gasteiger partial charge in [-0.1, -0.05) is 40.2 Å². The molecular weight excluding hydrogens is 400 g/mol. The predicted octanol–water partition coefficient (Wildman–Crippen LogP) is 5.15. The molecule has 0 saturated heterocycles. The van der Waals surface area contributed by atoms with Gasteiger partial charge in [0.1, 0.15) is 10.8 Å². The number of ether oxygens (including phenoxy) is 1. The van der Waals surface area contributed by atoms with Gasteiger partial charge >= 0.3 is 0 Å². The van der Waals surface area contributed by atoms with Crippen molar-refractivity contribution < 1.29 is 9.53 Å². The lowest BCUT2D eigenvalue weighted by atomic mass is 10.2. The van der Waals surface area contributed by atoms with Gasteiger partial charge in [0, 0.05) is 15.4 Å². The van der Waals surface area contributed by atoms with Gasteiger partial charge < -0.3 is 10.1 Å². The van der Waals surface area contributed by atoms with E-state index in [1.807, 2.05) is 60.8 Å². The number of aromatic nitrogens is 1. The second-order valence-electron chi connectivity index (χ2n) is 5.31. The summed E-state index contributed by atoms with van der Waals surface area (Å²) in [7, 11) is 0. The molecule has 0 unspecified atom stereocenters. The second-order valence-corrected chi connectivity index (χ2v) is 7.08. The number of carbonyl (C=O) groups excluding carboxylic acids is 1. The third-order valence-electron chi connectivity index (χ3n) is 3.43. The zero-order chi connectivity index (χ0) is 17.6. The maximum Gasteiger partial charge on any atom is 0.230 e. The Labute approximate surface area is 159 Å². The lowest BCUT2D eigenvalue weighted by Gasteiger charge is -2.10. The van der Waals surface area contributed by atoms with Crippen molar-refractivity contribution in [1.29, 1.82) is 0 Å². The van der Waals surface area contributed by atoms with Crippen LogP contribution in [-0.2, 0) is 11.2 Å². The smallest absolute Gasteiger partial charge is 0.230 e. The lowest BCUT2D eigenvalue weighted by Crippen LogP contribution is -2.15. The summed E-state index contributed by atoms with van der Waals surface area (Å²) in [5, 5.41) is 5.72. The first-order valence-electron chi connectivity index (χ1n) is 7.87. The number of halogens is 1. The fraction of sp³-hybridized carbons (Fsp3) is 0.158. The maximum absolute atomic E-state index is 12.3. The molecule has 1 N–H and O–H groups in total. The third kappa shape index (κ3) is 4.67. The van der Waals surface area contributed by atoms with Gasteiger partial charge in [-0.05, 0) is 31.2 Å².